The second-order valence-electron chi connectivity index (χ2n) is 5.93. The molecule has 142 valence electrons. The minimum atomic E-state index is -0.891. The first-order chi connectivity index (χ1) is 12.8. The first-order valence-electron chi connectivity index (χ1n) is 8.17. The quantitative estimate of drug-likeness (QED) is 0.614. The van der Waals surface area contributed by atoms with Crippen LogP contribution in [-0.2, 0) is 4.79 Å². The van der Waals surface area contributed by atoms with Crippen molar-refractivity contribution in [1.29, 1.82) is 0 Å². The lowest BCUT2D eigenvalue weighted by atomic mass is 10.2. The zero-order valence-corrected chi connectivity index (χ0v) is 15.4. The van der Waals surface area contributed by atoms with Gasteiger partial charge >= 0.3 is 0 Å². The number of rotatable bonds is 5. The molecule has 1 aliphatic rings. The van der Waals surface area contributed by atoms with Crippen LogP contribution >= 0.6 is 11.6 Å². The van der Waals surface area contributed by atoms with E-state index in [0.717, 1.165) is 5.56 Å². The van der Waals surface area contributed by atoms with Crippen molar-refractivity contribution in [3.05, 3.63) is 51.0 Å². The molecule has 0 fully saturated rings. The fraction of sp³-hybridized carbons (Fsp3) is 0.278. The number of benzene rings is 2. The number of amides is 1. The number of nitrogens with one attached hydrogen (secondary N) is 1. The molecule has 0 saturated heterocycles. The van der Waals surface area contributed by atoms with Gasteiger partial charge in [0.15, 0.2) is 17.6 Å². The van der Waals surface area contributed by atoms with E-state index in [9.17, 15) is 14.9 Å². The number of ether oxygens (including phenoxy) is 3. The van der Waals surface area contributed by atoms with Gasteiger partial charge in [-0.25, -0.2) is 0 Å². The average Bonchev–Trinajstić information content (AvgIpc) is 2.63. The summed E-state index contributed by atoms with van der Waals surface area (Å²) in [7, 11) is 0. The van der Waals surface area contributed by atoms with E-state index < -0.39 is 16.9 Å². The zero-order chi connectivity index (χ0) is 19.6. The molecule has 1 aliphatic heterocycles. The van der Waals surface area contributed by atoms with E-state index in [1.54, 1.807) is 32.0 Å². The molecule has 9 heteroatoms. The van der Waals surface area contributed by atoms with Crippen molar-refractivity contribution in [1.82, 2.24) is 0 Å². The zero-order valence-electron chi connectivity index (χ0n) is 14.7. The van der Waals surface area contributed by atoms with Crippen molar-refractivity contribution in [2.75, 3.05) is 18.5 Å². The SMILES string of the molecule is Cc1cc(Cl)ccc1O[C@H](C)C(=O)Nc1cc2c(cc1[N+](=O)[O-])OCCO2. The Morgan fingerprint density at radius 3 is 2.56 bits per heavy atom. The van der Waals surface area contributed by atoms with E-state index in [0.29, 0.717) is 29.7 Å². The molecule has 0 spiro atoms. The molecule has 2 aromatic rings. The minimum absolute atomic E-state index is 0.0116. The Labute approximate surface area is 160 Å². The maximum absolute atomic E-state index is 12.5. The maximum Gasteiger partial charge on any atom is 0.296 e. The highest BCUT2D eigenvalue weighted by Crippen LogP contribution is 2.39. The summed E-state index contributed by atoms with van der Waals surface area (Å²) in [6.45, 7) is 3.99. The van der Waals surface area contributed by atoms with Crippen molar-refractivity contribution in [2.24, 2.45) is 0 Å². The topological polar surface area (TPSA) is 99.9 Å². The summed E-state index contributed by atoms with van der Waals surface area (Å²) in [5.74, 6) is 0.569. The number of aryl methyl sites for hydroxylation is 1. The Balaban J connectivity index is 1.79. The van der Waals surface area contributed by atoms with Crippen LogP contribution in [0.25, 0.3) is 0 Å². The predicted octanol–water partition coefficient (Wildman–Crippen LogP) is 3.73. The molecule has 1 heterocycles. The van der Waals surface area contributed by atoms with Crippen LogP contribution in [-0.4, -0.2) is 30.1 Å². The van der Waals surface area contributed by atoms with Gasteiger partial charge in [0.25, 0.3) is 11.6 Å². The van der Waals surface area contributed by atoms with Crippen LogP contribution in [0.5, 0.6) is 17.2 Å². The Morgan fingerprint density at radius 2 is 1.93 bits per heavy atom. The van der Waals surface area contributed by atoms with E-state index in [1.807, 2.05) is 0 Å². The highest BCUT2D eigenvalue weighted by atomic mass is 35.5. The Hall–Kier alpha value is -3.00. The molecule has 27 heavy (non-hydrogen) atoms. The Morgan fingerprint density at radius 1 is 1.26 bits per heavy atom. The molecule has 0 saturated carbocycles. The van der Waals surface area contributed by atoms with Crippen molar-refractivity contribution in [3.63, 3.8) is 0 Å². The molecule has 3 rings (SSSR count). The van der Waals surface area contributed by atoms with Crippen LogP contribution in [0, 0.1) is 17.0 Å². The van der Waals surface area contributed by atoms with Gasteiger partial charge < -0.3 is 19.5 Å². The van der Waals surface area contributed by atoms with Gasteiger partial charge in [-0.05, 0) is 37.6 Å². The third-order valence-corrected chi connectivity index (χ3v) is 4.16. The van der Waals surface area contributed by atoms with Crippen molar-refractivity contribution >= 4 is 28.9 Å². The molecule has 0 unspecified atom stereocenters. The monoisotopic (exact) mass is 392 g/mol. The van der Waals surface area contributed by atoms with E-state index in [2.05, 4.69) is 5.32 Å². The highest BCUT2D eigenvalue weighted by molar-refractivity contribution is 6.30. The summed E-state index contributed by atoms with van der Waals surface area (Å²) >= 11 is 5.91. The van der Waals surface area contributed by atoms with Crippen LogP contribution in [0.15, 0.2) is 30.3 Å². The summed E-state index contributed by atoms with van der Waals surface area (Å²) in [5, 5.41) is 14.4. The second kappa shape index (κ2) is 7.71. The molecule has 0 radical (unpaired) electrons. The minimum Gasteiger partial charge on any atom is -0.486 e. The van der Waals surface area contributed by atoms with Crippen LogP contribution in [0.3, 0.4) is 0 Å². The van der Waals surface area contributed by atoms with Crippen molar-refractivity contribution in [2.45, 2.75) is 20.0 Å². The highest BCUT2D eigenvalue weighted by Gasteiger charge is 2.25. The summed E-state index contributed by atoms with van der Waals surface area (Å²) in [6, 6.07) is 7.64. The number of anilines is 1. The number of nitro benzene ring substituents is 1. The largest absolute Gasteiger partial charge is 0.486 e. The van der Waals surface area contributed by atoms with Gasteiger partial charge in [-0.1, -0.05) is 11.6 Å². The maximum atomic E-state index is 12.5. The number of nitrogens with zero attached hydrogens (tertiary/aromatic N) is 1. The second-order valence-corrected chi connectivity index (χ2v) is 6.37. The van der Waals surface area contributed by atoms with Gasteiger partial charge in [-0.3, -0.25) is 14.9 Å². The molecule has 8 nitrogen and oxygen atoms in total. The lowest BCUT2D eigenvalue weighted by molar-refractivity contribution is -0.384. The number of nitro groups is 1. The molecule has 1 amide bonds. The van der Waals surface area contributed by atoms with Gasteiger partial charge in [0, 0.05) is 11.1 Å². The van der Waals surface area contributed by atoms with Gasteiger partial charge in [0.05, 0.1) is 11.0 Å². The average molecular weight is 393 g/mol. The van der Waals surface area contributed by atoms with E-state index >= 15 is 0 Å². The van der Waals surface area contributed by atoms with E-state index in [4.69, 9.17) is 25.8 Å². The fourth-order valence-electron chi connectivity index (χ4n) is 2.55. The molecule has 2 aromatic carbocycles. The predicted molar refractivity (Wildman–Crippen MR) is 99.0 cm³/mol. The van der Waals surface area contributed by atoms with Gasteiger partial charge in [0.2, 0.25) is 0 Å². The number of fused-ring (bicyclic) bond motifs is 1. The summed E-state index contributed by atoms with van der Waals surface area (Å²) in [5.41, 5.74) is 0.493. The third-order valence-electron chi connectivity index (χ3n) is 3.93. The van der Waals surface area contributed by atoms with Crippen molar-refractivity contribution < 1.29 is 23.9 Å². The lowest BCUT2D eigenvalue weighted by Crippen LogP contribution is -2.30. The Kier molecular flexibility index (Phi) is 5.36. The summed E-state index contributed by atoms with van der Waals surface area (Å²) in [4.78, 5) is 23.2. The first kappa shape index (κ1) is 18.8. The third kappa shape index (κ3) is 4.22. The van der Waals surface area contributed by atoms with Gasteiger partial charge in [-0.15, -0.1) is 0 Å². The summed E-state index contributed by atoms with van der Waals surface area (Å²) < 4.78 is 16.4. The molecule has 1 atom stereocenters. The lowest BCUT2D eigenvalue weighted by Gasteiger charge is -2.20. The summed E-state index contributed by atoms with van der Waals surface area (Å²) in [6.07, 6.45) is -0.891. The van der Waals surface area contributed by atoms with Crippen LogP contribution in [0.1, 0.15) is 12.5 Å². The molecular formula is C18H17ClN2O6. The number of carbonyl (C=O) groups is 1. The van der Waals surface area contributed by atoms with Gasteiger partial charge in [-0.2, -0.15) is 0 Å². The van der Waals surface area contributed by atoms with Crippen LogP contribution in [0.2, 0.25) is 5.02 Å². The normalized spacial score (nSPS) is 13.6. The standard InChI is InChI=1S/C18H17ClN2O6/c1-10-7-12(19)3-4-15(10)27-11(2)18(22)20-13-8-16-17(26-6-5-25-16)9-14(13)21(23)24/h3-4,7-9,11H,5-6H2,1-2H3,(H,20,22)/t11-/m1/s1. The fourth-order valence-corrected chi connectivity index (χ4v) is 2.78. The van der Waals surface area contributed by atoms with Crippen LogP contribution in [0.4, 0.5) is 11.4 Å². The number of carbonyl (C=O) groups excluding carboxylic acids is 1. The van der Waals surface area contributed by atoms with Gasteiger partial charge in [0.1, 0.15) is 24.7 Å². The first-order valence-corrected chi connectivity index (χ1v) is 8.54. The smallest absolute Gasteiger partial charge is 0.296 e. The molecule has 1 N–H and O–H groups in total. The van der Waals surface area contributed by atoms with Crippen molar-refractivity contribution in [3.8, 4) is 17.2 Å². The van der Waals surface area contributed by atoms with E-state index in [1.165, 1.54) is 12.1 Å². The number of halogens is 1. The molecular weight excluding hydrogens is 376 g/mol. The number of hydrogen-bond acceptors (Lipinski definition) is 6. The molecule has 0 aliphatic carbocycles. The van der Waals surface area contributed by atoms with Crippen LogP contribution < -0.4 is 19.5 Å². The molecule has 0 bridgehead atoms. The molecule has 0 aromatic heterocycles. The number of hydrogen-bond donors (Lipinski definition) is 1. The van der Waals surface area contributed by atoms with E-state index in [-0.39, 0.29) is 17.1 Å². The Bertz CT molecular complexity index is 902.